The van der Waals surface area contributed by atoms with Crippen molar-refractivity contribution in [3.63, 3.8) is 0 Å². The number of aromatic nitrogens is 1. The van der Waals surface area contributed by atoms with Crippen molar-refractivity contribution in [3.05, 3.63) is 48.3 Å². The van der Waals surface area contributed by atoms with Gasteiger partial charge in [-0.25, -0.2) is 13.1 Å². The quantitative estimate of drug-likeness (QED) is 0.806. The van der Waals surface area contributed by atoms with E-state index in [4.69, 9.17) is 10.5 Å². The first kappa shape index (κ1) is 14.3. The molecule has 0 bridgehead atoms. The number of pyridine rings is 1. The van der Waals surface area contributed by atoms with Crippen molar-refractivity contribution in [2.45, 2.75) is 11.4 Å². The molecule has 0 spiro atoms. The summed E-state index contributed by atoms with van der Waals surface area (Å²) in [6.07, 6.45) is 3.21. The van der Waals surface area contributed by atoms with E-state index >= 15 is 0 Å². The van der Waals surface area contributed by atoms with Crippen LogP contribution in [0.2, 0.25) is 0 Å². The van der Waals surface area contributed by atoms with Crippen molar-refractivity contribution in [3.8, 4) is 5.75 Å². The maximum Gasteiger partial charge on any atom is 0.240 e. The number of nitrogens with zero attached hydrogens (tertiary/aromatic N) is 1. The van der Waals surface area contributed by atoms with Gasteiger partial charge in [0.15, 0.2) is 0 Å². The molecule has 0 fully saturated rings. The molecule has 0 radical (unpaired) electrons. The highest BCUT2D eigenvalue weighted by Crippen LogP contribution is 2.24. The summed E-state index contributed by atoms with van der Waals surface area (Å²) in [5.41, 5.74) is 6.81. The van der Waals surface area contributed by atoms with Crippen LogP contribution in [0.15, 0.2) is 47.6 Å². The number of nitrogens with two attached hydrogens (primary N) is 1. The summed E-state index contributed by atoms with van der Waals surface area (Å²) in [5, 5.41) is 0. The van der Waals surface area contributed by atoms with E-state index in [-0.39, 0.29) is 17.1 Å². The monoisotopic (exact) mass is 293 g/mol. The molecule has 2 aromatic rings. The van der Waals surface area contributed by atoms with Crippen LogP contribution in [0.25, 0.3) is 0 Å². The molecule has 1 aromatic carbocycles. The molecule has 1 aromatic heterocycles. The van der Waals surface area contributed by atoms with Gasteiger partial charge in [0.2, 0.25) is 10.0 Å². The normalized spacial score (nSPS) is 11.2. The van der Waals surface area contributed by atoms with E-state index in [0.717, 1.165) is 5.56 Å². The fourth-order valence-corrected chi connectivity index (χ4v) is 2.69. The lowest BCUT2D eigenvalue weighted by Gasteiger charge is -2.09. The highest BCUT2D eigenvalue weighted by Gasteiger charge is 2.15. The van der Waals surface area contributed by atoms with Gasteiger partial charge < -0.3 is 10.5 Å². The minimum Gasteiger partial charge on any atom is -0.495 e. The number of sulfonamides is 1. The second-order valence-corrected chi connectivity index (χ2v) is 5.85. The number of hydrogen-bond donors (Lipinski definition) is 2. The molecule has 0 aliphatic rings. The standard InChI is InChI=1S/C13H15N3O3S/c1-19-13-3-2-11(8-12(13)14)20(17,18)16-9-10-4-6-15-7-5-10/h2-8,16H,9,14H2,1H3. The minimum atomic E-state index is -3.61. The van der Waals surface area contributed by atoms with E-state index in [1.165, 1.54) is 25.3 Å². The predicted molar refractivity (Wildman–Crippen MR) is 75.7 cm³/mol. The van der Waals surface area contributed by atoms with E-state index in [1.807, 2.05) is 0 Å². The lowest BCUT2D eigenvalue weighted by atomic mass is 10.3. The van der Waals surface area contributed by atoms with Gasteiger partial charge in [-0.1, -0.05) is 0 Å². The van der Waals surface area contributed by atoms with Gasteiger partial charge in [-0.15, -0.1) is 0 Å². The third kappa shape index (κ3) is 3.25. The molecule has 20 heavy (non-hydrogen) atoms. The second-order valence-electron chi connectivity index (χ2n) is 4.08. The Hall–Kier alpha value is -2.12. The van der Waals surface area contributed by atoms with Gasteiger partial charge in [-0.05, 0) is 35.9 Å². The molecule has 0 atom stereocenters. The number of methoxy groups -OCH3 is 1. The summed E-state index contributed by atoms with van der Waals surface area (Å²) >= 11 is 0. The van der Waals surface area contributed by atoms with Crippen molar-refractivity contribution >= 4 is 15.7 Å². The number of benzene rings is 1. The van der Waals surface area contributed by atoms with Gasteiger partial charge in [-0.2, -0.15) is 0 Å². The topological polar surface area (TPSA) is 94.3 Å². The number of hydrogen-bond acceptors (Lipinski definition) is 5. The van der Waals surface area contributed by atoms with Crippen LogP contribution in [0.1, 0.15) is 5.56 Å². The summed E-state index contributed by atoms with van der Waals surface area (Å²) in [6, 6.07) is 7.82. The lowest BCUT2D eigenvalue weighted by molar-refractivity contribution is 0.416. The van der Waals surface area contributed by atoms with E-state index in [0.29, 0.717) is 5.75 Å². The lowest BCUT2D eigenvalue weighted by Crippen LogP contribution is -2.23. The maximum atomic E-state index is 12.1. The summed E-state index contributed by atoms with van der Waals surface area (Å²) in [4.78, 5) is 3.97. The van der Waals surface area contributed by atoms with Crippen molar-refractivity contribution in [1.29, 1.82) is 0 Å². The van der Waals surface area contributed by atoms with Gasteiger partial charge in [0, 0.05) is 18.9 Å². The number of nitrogens with one attached hydrogen (secondary N) is 1. The van der Waals surface area contributed by atoms with Crippen LogP contribution in [-0.2, 0) is 16.6 Å². The Morgan fingerprint density at radius 3 is 2.55 bits per heavy atom. The Balaban J connectivity index is 2.16. The summed E-state index contributed by atoms with van der Waals surface area (Å²) < 4.78 is 31.8. The molecule has 7 heteroatoms. The zero-order chi connectivity index (χ0) is 14.6. The molecule has 0 unspecified atom stereocenters. The third-order valence-electron chi connectivity index (χ3n) is 2.73. The molecular weight excluding hydrogens is 278 g/mol. The van der Waals surface area contributed by atoms with Crippen LogP contribution in [0.3, 0.4) is 0 Å². The van der Waals surface area contributed by atoms with Gasteiger partial charge in [0.05, 0.1) is 17.7 Å². The Labute approximate surface area is 117 Å². The molecule has 0 aliphatic heterocycles. The van der Waals surface area contributed by atoms with E-state index < -0.39 is 10.0 Å². The Morgan fingerprint density at radius 2 is 1.95 bits per heavy atom. The van der Waals surface area contributed by atoms with Crippen LogP contribution in [0.5, 0.6) is 5.75 Å². The first-order chi connectivity index (χ1) is 9.53. The van der Waals surface area contributed by atoms with E-state index in [9.17, 15) is 8.42 Å². The zero-order valence-corrected chi connectivity index (χ0v) is 11.7. The Bertz CT molecular complexity index is 687. The molecule has 1 heterocycles. The van der Waals surface area contributed by atoms with Crippen molar-refractivity contribution < 1.29 is 13.2 Å². The Kier molecular flexibility index (Phi) is 4.21. The summed E-state index contributed by atoms with van der Waals surface area (Å²) in [5.74, 6) is 0.443. The summed E-state index contributed by atoms with van der Waals surface area (Å²) in [7, 11) is -2.14. The predicted octanol–water partition coefficient (Wildman–Crippen LogP) is 1.15. The van der Waals surface area contributed by atoms with Crippen LogP contribution in [0, 0.1) is 0 Å². The van der Waals surface area contributed by atoms with Crippen molar-refractivity contribution in [2.24, 2.45) is 0 Å². The maximum absolute atomic E-state index is 12.1. The fourth-order valence-electron chi connectivity index (χ4n) is 1.64. The van der Waals surface area contributed by atoms with Gasteiger partial charge in [0.1, 0.15) is 5.75 Å². The van der Waals surface area contributed by atoms with Gasteiger partial charge in [0.25, 0.3) is 0 Å². The first-order valence-corrected chi connectivity index (χ1v) is 7.33. The average molecular weight is 293 g/mol. The molecule has 3 N–H and O–H groups in total. The Morgan fingerprint density at radius 1 is 1.25 bits per heavy atom. The smallest absolute Gasteiger partial charge is 0.240 e. The van der Waals surface area contributed by atoms with Gasteiger partial charge >= 0.3 is 0 Å². The van der Waals surface area contributed by atoms with E-state index in [1.54, 1.807) is 24.5 Å². The van der Waals surface area contributed by atoms with Crippen LogP contribution in [-0.4, -0.2) is 20.5 Å². The number of rotatable bonds is 5. The largest absolute Gasteiger partial charge is 0.495 e. The second kappa shape index (κ2) is 5.89. The molecule has 0 saturated carbocycles. The number of anilines is 1. The number of nitrogen functional groups attached to an aromatic ring is 1. The first-order valence-electron chi connectivity index (χ1n) is 5.85. The molecule has 0 aliphatic carbocycles. The zero-order valence-electron chi connectivity index (χ0n) is 10.9. The molecule has 106 valence electrons. The van der Waals surface area contributed by atoms with Crippen molar-refractivity contribution in [2.75, 3.05) is 12.8 Å². The van der Waals surface area contributed by atoms with E-state index in [2.05, 4.69) is 9.71 Å². The van der Waals surface area contributed by atoms with Crippen LogP contribution >= 0.6 is 0 Å². The van der Waals surface area contributed by atoms with Crippen LogP contribution in [0.4, 0.5) is 5.69 Å². The highest BCUT2D eigenvalue weighted by atomic mass is 32.2. The van der Waals surface area contributed by atoms with Crippen molar-refractivity contribution in [1.82, 2.24) is 9.71 Å². The summed E-state index contributed by atoms with van der Waals surface area (Å²) in [6.45, 7) is 0.191. The molecule has 0 saturated heterocycles. The molecule has 0 amide bonds. The third-order valence-corrected chi connectivity index (χ3v) is 4.13. The minimum absolute atomic E-state index is 0.102. The molecule has 6 nitrogen and oxygen atoms in total. The molecular formula is C13H15N3O3S. The SMILES string of the molecule is COc1ccc(S(=O)(=O)NCc2ccncc2)cc1N. The average Bonchev–Trinajstić information content (AvgIpc) is 2.46. The molecule has 2 rings (SSSR count). The van der Waals surface area contributed by atoms with Crippen LogP contribution < -0.4 is 15.2 Å². The highest BCUT2D eigenvalue weighted by molar-refractivity contribution is 7.89. The fraction of sp³-hybridized carbons (Fsp3) is 0.154. The number of ether oxygens (including phenoxy) is 1. The van der Waals surface area contributed by atoms with Gasteiger partial charge in [-0.3, -0.25) is 4.98 Å².